The first-order valence-corrected chi connectivity index (χ1v) is 10.1. The molecule has 6 nitrogen and oxygen atoms in total. The Hall–Kier alpha value is -4.33. The Morgan fingerprint density at radius 2 is 1.70 bits per heavy atom. The number of fused-ring (bicyclic) bond motifs is 3. The van der Waals surface area contributed by atoms with Gasteiger partial charge in [0.1, 0.15) is 24.6 Å². The van der Waals surface area contributed by atoms with Crippen LogP contribution in [0.3, 0.4) is 0 Å². The van der Waals surface area contributed by atoms with Crippen molar-refractivity contribution in [3.63, 3.8) is 0 Å². The minimum atomic E-state index is -0.675. The van der Waals surface area contributed by atoms with E-state index in [9.17, 15) is 13.6 Å². The Labute approximate surface area is 187 Å². The molecule has 0 amide bonds. The maximum atomic E-state index is 13.8. The summed E-state index contributed by atoms with van der Waals surface area (Å²) in [5.74, 6) is -1.71. The monoisotopic (exact) mass is 445 g/mol. The molecule has 0 fully saturated rings. The van der Waals surface area contributed by atoms with Gasteiger partial charge in [0.15, 0.2) is 17.1 Å². The first-order chi connectivity index (χ1) is 16.0. The summed E-state index contributed by atoms with van der Waals surface area (Å²) in [6, 6.07) is 18.0. The number of carbonyl (C=O) groups is 1. The lowest BCUT2D eigenvalue weighted by atomic mass is 10.0. The third kappa shape index (κ3) is 3.76. The quantitative estimate of drug-likeness (QED) is 0.348. The number of pyridine rings is 1. The fourth-order valence-corrected chi connectivity index (χ4v) is 3.79. The zero-order valence-electron chi connectivity index (χ0n) is 17.5. The van der Waals surface area contributed by atoms with E-state index in [0.29, 0.717) is 27.5 Å². The number of esters is 1. The third-order valence-corrected chi connectivity index (χ3v) is 5.28. The molecule has 2 heterocycles. The van der Waals surface area contributed by atoms with Crippen LogP contribution in [-0.4, -0.2) is 27.7 Å². The van der Waals surface area contributed by atoms with Crippen molar-refractivity contribution in [2.45, 2.75) is 6.61 Å². The first-order valence-electron chi connectivity index (χ1n) is 10.1. The van der Waals surface area contributed by atoms with Crippen molar-refractivity contribution < 1.29 is 23.0 Å². The lowest BCUT2D eigenvalue weighted by molar-refractivity contribution is 0.0585. The van der Waals surface area contributed by atoms with Gasteiger partial charge in [-0.05, 0) is 41.0 Å². The van der Waals surface area contributed by atoms with Crippen molar-refractivity contribution in [3.05, 3.63) is 95.9 Å². The molecule has 0 aliphatic heterocycles. The lowest BCUT2D eigenvalue weighted by Crippen LogP contribution is -2.13. The van der Waals surface area contributed by atoms with Gasteiger partial charge < -0.3 is 9.47 Å². The molecule has 0 N–H and O–H groups in total. The SMILES string of the molecule is COC(=O)c1c(OCc2ccccc2)c2ccc(-c3cc(F)cc(F)c3)cc2c2ncnn12. The Bertz CT molecular complexity index is 1480. The van der Waals surface area contributed by atoms with Crippen LogP contribution in [-0.2, 0) is 11.3 Å². The number of nitrogens with zero attached hydrogens (tertiary/aromatic N) is 3. The van der Waals surface area contributed by atoms with Gasteiger partial charge in [-0.1, -0.05) is 36.4 Å². The van der Waals surface area contributed by atoms with Crippen LogP contribution in [0, 0.1) is 11.6 Å². The van der Waals surface area contributed by atoms with Gasteiger partial charge in [-0.15, -0.1) is 0 Å². The molecule has 0 bridgehead atoms. The average molecular weight is 445 g/mol. The summed E-state index contributed by atoms with van der Waals surface area (Å²) >= 11 is 0. The Kier molecular flexibility index (Phi) is 5.18. The molecular formula is C25H17F2N3O3. The van der Waals surface area contributed by atoms with E-state index in [0.717, 1.165) is 11.6 Å². The second kappa shape index (κ2) is 8.31. The summed E-state index contributed by atoms with van der Waals surface area (Å²) in [7, 11) is 1.28. The highest BCUT2D eigenvalue weighted by Gasteiger charge is 2.24. The van der Waals surface area contributed by atoms with Gasteiger partial charge >= 0.3 is 5.97 Å². The smallest absolute Gasteiger partial charge is 0.360 e. The molecule has 0 spiro atoms. The van der Waals surface area contributed by atoms with Crippen LogP contribution in [0.2, 0.25) is 0 Å². The summed E-state index contributed by atoms with van der Waals surface area (Å²) in [6.07, 6.45) is 1.32. The van der Waals surface area contributed by atoms with E-state index in [4.69, 9.17) is 9.47 Å². The molecule has 0 radical (unpaired) electrons. The van der Waals surface area contributed by atoms with Crippen LogP contribution >= 0.6 is 0 Å². The molecule has 5 aromatic rings. The number of rotatable bonds is 5. The van der Waals surface area contributed by atoms with Crippen molar-refractivity contribution in [1.29, 1.82) is 0 Å². The topological polar surface area (TPSA) is 65.7 Å². The van der Waals surface area contributed by atoms with Gasteiger partial charge in [-0.3, -0.25) is 0 Å². The summed E-state index contributed by atoms with van der Waals surface area (Å²) in [5, 5.41) is 5.38. The van der Waals surface area contributed by atoms with Crippen molar-refractivity contribution in [2.75, 3.05) is 7.11 Å². The predicted octanol–water partition coefficient (Wildman–Crippen LogP) is 5.19. The van der Waals surface area contributed by atoms with Gasteiger partial charge in [-0.25, -0.2) is 23.1 Å². The maximum absolute atomic E-state index is 13.8. The van der Waals surface area contributed by atoms with Gasteiger partial charge in [0.05, 0.1) is 7.11 Å². The molecular weight excluding hydrogens is 428 g/mol. The molecule has 2 aromatic heterocycles. The minimum Gasteiger partial charge on any atom is -0.486 e. The Balaban J connectivity index is 1.73. The number of hydrogen-bond acceptors (Lipinski definition) is 5. The second-order valence-electron chi connectivity index (χ2n) is 7.36. The number of benzene rings is 3. The number of halogens is 2. The highest BCUT2D eigenvalue weighted by Crippen LogP contribution is 2.36. The van der Waals surface area contributed by atoms with Gasteiger partial charge in [0, 0.05) is 16.8 Å². The number of hydrogen-bond donors (Lipinski definition) is 0. The van der Waals surface area contributed by atoms with Crippen molar-refractivity contribution in [1.82, 2.24) is 14.6 Å². The largest absolute Gasteiger partial charge is 0.486 e. The molecule has 0 aliphatic rings. The number of aromatic nitrogens is 3. The second-order valence-corrected chi connectivity index (χ2v) is 7.36. The van der Waals surface area contributed by atoms with E-state index in [2.05, 4.69) is 10.1 Å². The summed E-state index contributed by atoms with van der Waals surface area (Å²) < 4.78 is 40.0. The molecule has 33 heavy (non-hydrogen) atoms. The van der Waals surface area contributed by atoms with Crippen LogP contribution in [0.1, 0.15) is 16.1 Å². The summed E-state index contributed by atoms with van der Waals surface area (Å²) in [5.41, 5.74) is 2.34. The van der Waals surface area contributed by atoms with E-state index in [1.165, 1.54) is 30.1 Å². The van der Waals surface area contributed by atoms with Gasteiger partial charge in [0.25, 0.3) is 0 Å². The highest BCUT2D eigenvalue weighted by atomic mass is 19.1. The Morgan fingerprint density at radius 1 is 0.939 bits per heavy atom. The van der Waals surface area contributed by atoms with Crippen molar-refractivity contribution in [2.24, 2.45) is 0 Å². The fourth-order valence-electron chi connectivity index (χ4n) is 3.79. The van der Waals surface area contributed by atoms with Gasteiger partial charge in [0.2, 0.25) is 0 Å². The zero-order valence-corrected chi connectivity index (χ0v) is 17.5. The highest BCUT2D eigenvalue weighted by molar-refractivity contribution is 6.06. The molecule has 164 valence electrons. The first kappa shape index (κ1) is 20.6. The molecule has 5 rings (SSSR count). The Morgan fingerprint density at radius 3 is 2.42 bits per heavy atom. The van der Waals surface area contributed by atoms with E-state index in [1.54, 1.807) is 18.2 Å². The van der Waals surface area contributed by atoms with E-state index >= 15 is 0 Å². The van der Waals surface area contributed by atoms with Gasteiger partial charge in [-0.2, -0.15) is 5.10 Å². The predicted molar refractivity (Wildman–Crippen MR) is 118 cm³/mol. The van der Waals surface area contributed by atoms with E-state index in [1.807, 2.05) is 30.3 Å². The molecule has 0 atom stereocenters. The number of ether oxygens (including phenoxy) is 2. The molecule has 0 saturated heterocycles. The fraction of sp³-hybridized carbons (Fsp3) is 0.0800. The van der Waals surface area contributed by atoms with Crippen LogP contribution in [0.4, 0.5) is 8.78 Å². The lowest BCUT2D eigenvalue weighted by Gasteiger charge is -2.16. The summed E-state index contributed by atoms with van der Waals surface area (Å²) in [6.45, 7) is 0.205. The minimum absolute atomic E-state index is 0.0954. The molecule has 8 heteroatoms. The van der Waals surface area contributed by atoms with Crippen LogP contribution in [0.25, 0.3) is 27.5 Å². The van der Waals surface area contributed by atoms with Crippen LogP contribution in [0.5, 0.6) is 5.75 Å². The molecule has 0 unspecified atom stereocenters. The molecule has 3 aromatic carbocycles. The zero-order chi connectivity index (χ0) is 22.9. The number of carbonyl (C=O) groups excluding carboxylic acids is 1. The van der Waals surface area contributed by atoms with Crippen molar-refractivity contribution in [3.8, 4) is 16.9 Å². The standard InChI is InChI=1S/C25H17F2N3O3/c1-32-25(31)22-23(33-13-15-5-3-2-4-6-15)20-8-7-16(17-9-18(26)12-19(27)10-17)11-21(20)24-28-14-29-30(22)24/h2-12,14H,13H2,1H3. The van der Waals surface area contributed by atoms with Crippen LogP contribution in [0.15, 0.2) is 73.1 Å². The van der Waals surface area contributed by atoms with Crippen LogP contribution < -0.4 is 4.74 Å². The average Bonchev–Trinajstić information content (AvgIpc) is 3.31. The molecule has 0 saturated carbocycles. The third-order valence-electron chi connectivity index (χ3n) is 5.28. The normalized spacial score (nSPS) is 11.1. The number of methoxy groups -OCH3 is 1. The van der Waals surface area contributed by atoms with E-state index < -0.39 is 17.6 Å². The summed E-state index contributed by atoms with van der Waals surface area (Å²) in [4.78, 5) is 17.0. The maximum Gasteiger partial charge on any atom is 0.360 e. The van der Waals surface area contributed by atoms with Crippen molar-refractivity contribution >= 4 is 22.4 Å². The molecule has 0 aliphatic carbocycles. The van der Waals surface area contributed by atoms with E-state index in [-0.39, 0.29) is 18.1 Å².